The molecule has 7 heteroatoms. The van der Waals surface area contributed by atoms with Gasteiger partial charge in [-0.05, 0) is 0 Å². The fraction of sp³-hybridized carbons (Fsp3) is 0.444. The zero-order chi connectivity index (χ0) is 11.8. The monoisotopic (exact) mass is 226 g/mol. The van der Waals surface area contributed by atoms with Gasteiger partial charge in [0, 0.05) is 31.9 Å². The van der Waals surface area contributed by atoms with E-state index in [9.17, 15) is 9.59 Å². The quantitative estimate of drug-likeness (QED) is 0.535. The van der Waals surface area contributed by atoms with Crippen LogP contribution in [0, 0.1) is 0 Å². The molecule has 1 rings (SSSR count). The summed E-state index contributed by atoms with van der Waals surface area (Å²) in [5, 5.41) is 13.4. The number of aromatic amines is 1. The first-order valence-corrected chi connectivity index (χ1v) is 4.90. The summed E-state index contributed by atoms with van der Waals surface area (Å²) in [5.74, 6) is -0.137. The standard InChI is InChI=1S/C9H14N4O3/c14-8(15)2-4-13-9(16)12-3-1-7-10-5-6-11-7/h5-6H,1-4H2,(H,10,11)(H,14,15)(H2,12,13,16). The van der Waals surface area contributed by atoms with Crippen LogP contribution in [0.4, 0.5) is 4.79 Å². The van der Waals surface area contributed by atoms with Gasteiger partial charge in [0.2, 0.25) is 0 Å². The smallest absolute Gasteiger partial charge is 0.314 e. The highest BCUT2D eigenvalue weighted by Gasteiger charge is 2.01. The average molecular weight is 226 g/mol. The zero-order valence-electron chi connectivity index (χ0n) is 8.69. The first-order valence-electron chi connectivity index (χ1n) is 4.90. The van der Waals surface area contributed by atoms with Crippen LogP contribution in [0.1, 0.15) is 12.2 Å². The van der Waals surface area contributed by atoms with Crippen molar-refractivity contribution in [3.8, 4) is 0 Å². The predicted molar refractivity (Wildman–Crippen MR) is 55.9 cm³/mol. The van der Waals surface area contributed by atoms with Crippen molar-refractivity contribution in [1.29, 1.82) is 0 Å². The van der Waals surface area contributed by atoms with Crippen molar-refractivity contribution in [1.82, 2.24) is 20.6 Å². The van der Waals surface area contributed by atoms with Crippen LogP contribution in [0.3, 0.4) is 0 Å². The van der Waals surface area contributed by atoms with Crippen molar-refractivity contribution < 1.29 is 14.7 Å². The molecule has 1 aromatic rings. The second kappa shape index (κ2) is 6.44. The van der Waals surface area contributed by atoms with E-state index in [-0.39, 0.29) is 19.0 Å². The lowest BCUT2D eigenvalue weighted by Crippen LogP contribution is -2.37. The number of aromatic nitrogens is 2. The van der Waals surface area contributed by atoms with Crippen molar-refractivity contribution in [2.45, 2.75) is 12.8 Å². The minimum absolute atomic E-state index is 0.0778. The van der Waals surface area contributed by atoms with E-state index in [4.69, 9.17) is 5.11 Å². The maximum absolute atomic E-state index is 11.1. The summed E-state index contributed by atoms with van der Waals surface area (Å²) >= 11 is 0. The minimum Gasteiger partial charge on any atom is -0.481 e. The number of hydrogen-bond donors (Lipinski definition) is 4. The average Bonchev–Trinajstić information content (AvgIpc) is 2.70. The first-order chi connectivity index (χ1) is 7.68. The molecule has 0 fully saturated rings. The van der Waals surface area contributed by atoms with E-state index >= 15 is 0 Å². The van der Waals surface area contributed by atoms with Gasteiger partial charge in [0.05, 0.1) is 6.42 Å². The van der Waals surface area contributed by atoms with Crippen molar-refractivity contribution in [3.63, 3.8) is 0 Å². The lowest BCUT2D eigenvalue weighted by Gasteiger charge is -2.05. The SMILES string of the molecule is O=C(O)CCNC(=O)NCCc1ncc[nH]1. The largest absolute Gasteiger partial charge is 0.481 e. The number of H-pyrrole nitrogens is 1. The molecular formula is C9H14N4O3. The van der Waals surface area contributed by atoms with E-state index in [1.165, 1.54) is 0 Å². The topological polar surface area (TPSA) is 107 Å². The van der Waals surface area contributed by atoms with Gasteiger partial charge in [-0.25, -0.2) is 9.78 Å². The van der Waals surface area contributed by atoms with Crippen molar-refractivity contribution >= 4 is 12.0 Å². The molecule has 0 unspecified atom stereocenters. The highest BCUT2D eigenvalue weighted by Crippen LogP contribution is 1.87. The van der Waals surface area contributed by atoms with E-state index in [1.807, 2.05) is 0 Å². The van der Waals surface area contributed by atoms with E-state index in [1.54, 1.807) is 12.4 Å². The van der Waals surface area contributed by atoms with Crippen LogP contribution in [0.15, 0.2) is 12.4 Å². The molecule has 0 spiro atoms. The van der Waals surface area contributed by atoms with Gasteiger partial charge in [0.15, 0.2) is 0 Å². The number of urea groups is 1. The van der Waals surface area contributed by atoms with Gasteiger partial charge in [0.25, 0.3) is 0 Å². The molecule has 7 nitrogen and oxygen atoms in total. The highest BCUT2D eigenvalue weighted by molar-refractivity contribution is 5.74. The Labute approximate surface area is 92.3 Å². The van der Waals surface area contributed by atoms with E-state index < -0.39 is 5.97 Å². The summed E-state index contributed by atoms with van der Waals surface area (Å²) in [4.78, 5) is 28.2. The molecule has 0 saturated heterocycles. The van der Waals surface area contributed by atoms with Crippen molar-refractivity contribution in [2.24, 2.45) is 0 Å². The number of nitrogens with one attached hydrogen (secondary N) is 3. The number of hydrogen-bond acceptors (Lipinski definition) is 3. The van der Waals surface area contributed by atoms with Crippen LogP contribution in [0.5, 0.6) is 0 Å². The number of amides is 2. The van der Waals surface area contributed by atoms with E-state index in [0.29, 0.717) is 13.0 Å². The third kappa shape index (κ3) is 4.99. The Morgan fingerprint density at radius 3 is 2.75 bits per heavy atom. The second-order valence-electron chi connectivity index (χ2n) is 3.11. The van der Waals surface area contributed by atoms with Crippen LogP contribution < -0.4 is 10.6 Å². The molecule has 4 N–H and O–H groups in total. The summed E-state index contributed by atoms with van der Waals surface area (Å²) in [7, 11) is 0. The molecule has 88 valence electrons. The Hall–Kier alpha value is -2.05. The fourth-order valence-corrected chi connectivity index (χ4v) is 1.07. The molecule has 0 atom stereocenters. The molecule has 16 heavy (non-hydrogen) atoms. The predicted octanol–water partition coefficient (Wildman–Crippen LogP) is -0.274. The number of carbonyl (C=O) groups excluding carboxylic acids is 1. The number of rotatable bonds is 6. The maximum Gasteiger partial charge on any atom is 0.314 e. The summed E-state index contributed by atoms with van der Waals surface area (Å²) in [5.41, 5.74) is 0. The molecule has 0 aliphatic rings. The van der Waals surface area contributed by atoms with Gasteiger partial charge in [0.1, 0.15) is 5.82 Å². The lowest BCUT2D eigenvalue weighted by atomic mass is 10.4. The lowest BCUT2D eigenvalue weighted by molar-refractivity contribution is -0.136. The second-order valence-corrected chi connectivity index (χ2v) is 3.11. The summed E-state index contributed by atoms with van der Waals surface area (Å²) in [6.45, 7) is 0.578. The van der Waals surface area contributed by atoms with Crippen LogP contribution in [-0.2, 0) is 11.2 Å². The molecule has 0 bridgehead atoms. The number of carboxylic acid groups (broad SMARTS) is 1. The van der Waals surface area contributed by atoms with E-state index in [0.717, 1.165) is 5.82 Å². The fourth-order valence-electron chi connectivity index (χ4n) is 1.07. The number of carbonyl (C=O) groups is 2. The molecular weight excluding hydrogens is 212 g/mol. The first kappa shape index (κ1) is 12.0. The molecule has 1 heterocycles. The normalized spacial score (nSPS) is 9.75. The minimum atomic E-state index is -0.934. The van der Waals surface area contributed by atoms with Crippen LogP contribution in [-0.4, -0.2) is 40.2 Å². The highest BCUT2D eigenvalue weighted by atomic mass is 16.4. The van der Waals surface area contributed by atoms with Gasteiger partial charge in [-0.15, -0.1) is 0 Å². The molecule has 0 aliphatic carbocycles. The summed E-state index contributed by atoms with van der Waals surface area (Å²) < 4.78 is 0. The Kier molecular flexibility index (Phi) is 4.84. The van der Waals surface area contributed by atoms with Crippen LogP contribution in [0.2, 0.25) is 0 Å². The van der Waals surface area contributed by atoms with Gasteiger partial charge >= 0.3 is 12.0 Å². The number of carboxylic acids is 1. The van der Waals surface area contributed by atoms with Gasteiger partial charge in [-0.3, -0.25) is 4.79 Å². The van der Waals surface area contributed by atoms with E-state index in [2.05, 4.69) is 20.6 Å². The molecule has 0 radical (unpaired) electrons. The van der Waals surface area contributed by atoms with Gasteiger partial charge in [-0.2, -0.15) is 0 Å². The van der Waals surface area contributed by atoms with Crippen molar-refractivity contribution in [3.05, 3.63) is 18.2 Å². The zero-order valence-corrected chi connectivity index (χ0v) is 8.69. The van der Waals surface area contributed by atoms with Gasteiger partial charge in [-0.1, -0.05) is 0 Å². The number of imidazole rings is 1. The molecule has 0 aromatic carbocycles. The Morgan fingerprint density at radius 2 is 2.12 bits per heavy atom. The van der Waals surface area contributed by atoms with Gasteiger partial charge < -0.3 is 20.7 Å². The Morgan fingerprint density at radius 1 is 1.38 bits per heavy atom. The molecule has 0 saturated carbocycles. The number of nitrogens with zero attached hydrogens (tertiary/aromatic N) is 1. The molecule has 2 amide bonds. The molecule has 1 aromatic heterocycles. The Bertz CT molecular complexity index is 337. The third-order valence-electron chi connectivity index (χ3n) is 1.83. The molecule has 0 aliphatic heterocycles. The maximum atomic E-state index is 11.1. The third-order valence-corrected chi connectivity index (χ3v) is 1.83. The van der Waals surface area contributed by atoms with Crippen molar-refractivity contribution in [2.75, 3.05) is 13.1 Å². The summed E-state index contributed by atoms with van der Waals surface area (Å²) in [6.07, 6.45) is 3.88. The van der Waals surface area contributed by atoms with Crippen LogP contribution in [0.25, 0.3) is 0 Å². The van der Waals surface area contributed by atoms with Crippen LogP contribution >= 0.6 is 0 Å². The summed E-state index contributed by atoms with van der Waals surface area (Å²) in [6, 6.07) is -0.368. The Balaban J connectivity index is 2.04. The number of aliphatic carboxylic acids is 1.